The van der Waals surface area contributed by atoms with Crippen molar-refractivity contribution in [1.82, 2.24) is 9.97 Å². The van der Waals surface area contributed by atoms with Crippen molar-refractivity contribution >= 4 is 0 Å². The second-order valence-electron chi connectivity index (χ2n) is 3.62. The molecule has 0 aliphatic rings. The maximum absolute atomic E-state index is 12.7. The zero-order valence-corrected chi connectivity index (χ0v) is 9.34. The molecule has 0 N–H and O–H groups in total. The SMILES string of the molecule is Fc1cc(OCCCc2ccccc2)ncn1. The summed E-state index contributed by atoms with van der Waals surface area (Å²) in [7, 11) is 0. The monoisotopic (exact) mass is 232 g/mol. The Kier molecular flexibility index (Phi) is 4.02. The number of aromatic nitrogens is 2. The van der Waals surface area contributed by atoms with E-state index >= 15 is 0 Å². The van der Waals surface area contributed by atoms with Crippen LogP contribution in [0.4, 0.5) is 4.39 Å². The van der Waals surface area contributed by atoms with Gasteiger partial charge in [-0.15, -0.1) is 0 Å². The van der Waals surface area contributed by atoms with Crippen LogP contribution in [-0.4, -0.2) is 16.6 Å². The Hall–Kier alpha value is -1.97. The van der Waals surface area contributed by atoms with Crippen molar-refractivity contribution in [2.75, 3.05) is 6.61 Å². The normalized spacial score (nSPS) is 10.2. The molecule has 0 spiro atoms. The molecule has 88 valence electrons. The zero-order chi connectivity index (χ0) is 11.9. The number of hydrogen-bond acceptors (Lipinski definition) is 3. The van der Waals surface area contributed by atoms with Crippen LogP contribution in [0.3, 0.4) is 0 Å². The summed E-state index contributed by atoms with van der Waals surface area (Å²) in [6.45, 7) is 0.519. The number of nitrogens with zero attached hydrogens (tertiary/aromatic N) is 2. The van der Waals surface area contributed by atoms with Crippen molar-refractivity contribution in [3.63, 3.8) is 0 Å². The van der Waals surface area contributed by atoms with E-state index in [1.54, 1.807) is 0 Å². The largest absolute Gasteiger partial charge is 0.477 e. The molecule has 3 nitrogen and oxygen atoms in total. The summed E-state index contributed by atoms with van der Waals surface area (Å²) in [6, 6.07) is 11.3. The molecule has 0 aliphatic carbocycles. The molecule has 17 heavy (non-hydrogen) atoms. The van der Waals surface area contributed by atoms with Crippen molar-refractivity contribution in [2.45, 2.75) is 12.8 Å². The van der Waals surface area contributed by atoms with E-state index in [1.165, 1.54) is 11.6 Å². The second-order valence-corrected chi connectivity index (χ2v) is 3.62. The van der Waals surface area contributed by atoms with Gasteiger partial charge in [0.15, 0.2) is 0 Å². The van der Waals surface area contributed by atoms with E-state index in [4.69, 9.17) is 4.74 Å². The molecule has 4 heteroatoms. The fourth-order valence-electron chi connectivity index (χ4n) is 1.49. The molecule has 2 aromatic rings. The first-order valence-electron chi connectivity index (χ1n) is 5.49. The minimum absolute atomic E-state index is 0.283. The summed E-state index contributed by atoms with van der Waals surface area (Å²) in [5, 5.41) is 0. The van der Waals surface area contributed by atoms with Gasteiger partial charge in [0, 0.05) is 0 Å². The van der Waals surface area contributed by atoms with E-state index in [9.17, 15) is 4.39 Å². The third-order valence-electron chi connectivity index (χ3n) is 2.31. The van der Waals surface area contributed by atoms with Crippen LogP contribution in [0.25, 0.3) is 0 Å². The van der Waals surface area contributed by atoms with Crippen LogP contribution in [0, 0.1) is 5.95 Å². The van der Waals surface area contributed by atoms with Crippen LogP contribution in [0.5, 0.6) is 5.88 Å². The molecule has 1 heterocycles. The molecular formula is C13H13FN2O. The number of rotatable bonds is 5. The number of ether oxygens (including phenoxy) is 1. The lowest BCUT2D eigenvalue weighted by Gasteiger charge is -2.04. The van der Waals surface area contributed by atoms with Gasteiger partial charge < -0.3 is 4.74 Å². The molecule has 0 unspecified atom stereocenters. The Balaban J connectivity index is 1.73. The van der Waals surface area contributed by atoms with Crippen LogP contribution >= 0.6 is 0 Å². The third kappa shape index (κ3) is 3.83. The smallest absolute Gasteiger partial charge is 0.219 e. The Labute approximate surface area is 99.3 Å². The predicted molar refractivity (Wildman–Crippen MR) is 62.2 cm³/mol. The average molecular weight is 232 g/mol. The van der Waals surface area contributed by atoms with E-state index in [0.717, 1.165) is 19.2 Å². The Bertz CT molecular complexity index is 462. The van der Waals surface area contributed by atoms with E-state index in [-0.39, 0.29) is 5.88 Å². The van der Waals surface area contributed by atoms with Crippen molar-refractivity contribution in [3.8, 4) is 5.88 Å². The van der Waals surface area contributed by atoms with E-state index < -0.39 is 5.95 Å². The maximum Gasteiger partial charge on any atom is 0.219 e. The minimum Gasteiger partial charge on any atom is -0.477 e. The molecule has 0 fully saturated rings. The minimum atomic E-state index is -0.571. The summed E-state index contributed by atoms with van der Waals surface area (Å²) in [5.41, 5.74) is 1.27. The third-order valence-corrected chi connectivity index (χ3v) is 2.31. The van der Waals surface area contributed by atoms with Crippen LogP contribution in [0.15, 0.2) is 42.7 Å². The molecule has 0 atom stereocenters. The first-order valence-corrected chi connectivity index (χ1v) is 5.49. The van der Waals surface area contributed by atoms with Gasteiger partial charge in [-0.1, -0.05) is 30.3 Å². The zero-order valence-electron chi connectivity index (χ0n) is 9.34. The van der Waals surface area contributed by atoms with Crippen LogP contribution in [-0.2, 0) is 6.42 Å². The summed E-state index contributed by atoms with van der Waals surface area (Å²) in [6.07, 6.45) is 2.96. The molecule has 0 aliphatic heterocycles. The first kappa shape index (κ1) is 11.5. The quantitative estimate of drug-likeness (QED) is 0.587. The van der Waals surface area contributed by atoms with Gasteiger partial charge in [0.1, 0.15) is 6.33 Å². The van der Waals surface area contributed by atoms with Crippen molar-refractivity contribution in [3.05, 3.63) is 54.2 Å². The molecule has 2 rings (SSSR count). The number of aryl methyl sites for hydroxylation is 1. The molecule has 0 amide bonds. The highest BCUT2D eigenvalue weighted by Crippen LogP contribution is 2.07. The van der Waals surface area contributed by atoms with Crippen molar-refractivity contribution < 1.29 is 9.13 Å². The fraction of sp³-hybridized carbons (Fsp3) is 0.231. The van der Waals surface area contributed by atoms with Crippen LogP contribution in [0.1, 0.15) is 12.0 Å². The maximum atomic E-state index is 12.7. The highest BCUT2D eigenvalue weighted by molar-refractivity contribution is 5.14. The number of hydrogen-bond donors (Lipinski definition) is 0. The van der Waals surface area contributed by atoms with E-state index in [1.807, 2.05) is 18.2 Å². The topological polar surface area (TPSA) is 35.0 Å². The van der Waals surface area contributed by atoms with Gasteiger partial charge in [0.25, 0.3) is 0 Å². The lowest BCUT2D eigenvalue weighted by molar-refractivity contribution is 0.296. The molecule has 0 saturated carbocycles. The Morgan fingerprint density at radius 2 is 1.94 bits per heavy atom. The summed E-state index contributed by atoms with van der Waals surface area (Å²) < 4.78 is 18.0. The van der Waals surface area contributed by atoms with Gasteiger partial charge in [-0.2, -0.15) is 4.39 Å². The molecule has 0 saturated heterocycles. The van der Waals surface area contributed by atoms with Gasteiger partial charge in [-0.25, -0.2) is 9.97 Å². The van der Waals surface area contributed by atoms with Gasteiger partial charge in [-0.3, -0.25) is 0 Å². The number of halogens is 1. The fourth-order valence-corrected chi connectivity index (χ4v) is 1.49. The van der Waals surface area contributed by atoms with Gasteiger partial charge in [0.2, 0.25) is 11.8 Å². The van der Waals surface area contributed by atoms with E-state index in [0.29, 0.717) is 6.61 Å². The summed E-state index contributed by atoms with van der Waals surface area (Å²) >= 11 is 0. The summed E-state index contributed by atoms with van der Waals surface area (Å²) in [5.74, 6) is -0.288. The van der Waals surface area contributed by atoms with Crippen LogP contribution in [0.2, 0.25) is 0 Å². The highest BCUT2D eigenvalue weighted by atomic mass is 19.1. The van der Waals surface area contributed by atoms with E-state index in [2.05, 4.69) is 22.1 Å². The van der Waals surface area contributed by atoms with Crippen molar-refractivity contribution in [2.24, 2.45) is 0 Å². The van der Waals surface area contributed by atoms with Gasteiger partial charge in [-0.05, 0) is 18.4 Å². The Morgan fingerprint density at radius 3 is 2.71 bits per heavy atom. The molecule has 1 aromatic heterocycles. The second kappa shape index (κ2) is 5.94. The molecular weight excluding hydrogens is 219 g/mol. The molecule has 0 radical (unpaired) electrons. The van der Waals surface area contributed by atoms with Crippen LogP contribution < -0.4 is 4.74 Å². The average Bonchev–Trinajstić information content (AvgIpc) is 2.36. The molecule has 0 bridgehead atoms. The summed E-state index contributed by atoms with van der Waals surface area (Å²) in [4.78, 5) is 7.17. The van der Waals surface area contributed by atoms with Gasteiger partial charge in [0.05, 0.1) is 12.7 Å². The first-order chi connectivity index (χ1) is 8.34. The standard InChI is InChI=1S/C13H13FN2O/c14-12-9-13(16-10-15-12)17-8-4-7-11-5-2-1-3-6-11/h1-3,5-6,9-10H,4,7-8H2. The Morgan fingerprint density at radius 1 is 1.12 bits per heavy atom. The lowest BCUT2D eigenvalue weighted by atomic mass is 10.1. The van der Waals surface area contributed by atoms with Crippen molar-refractivity contribution in [1.29, 1.82) is 0 Å². The highest BCUT2D eigenvalue weighted by Gasteiger charge is 1.98. The number of benzene rings is 1. The van der Waals surface area contributed by atoms with Gasteiger partial charge >= 0.3 is 0 Å². The predicted octanol–water partition coefficient (Wildman–Crippen LogP) is 2.63. The lowest BCUT2D eigenvalue weighted by Crippen LogP contribution is -2.01. The molecule has 1 aromatic carbocycles.